The number of aliphatic carboxylic acids is 1. The molecule has 2 heterocycles. The van der Waals surface area contributed by atoms with Crippen molar-refractivity contribution in [1.29, 1.82) is 0 Å². The average Bonchev–Trinajstić information content (AvgIpc) is 2.64. The predicted octanol–water partition coefficient (Wildman–Crippen LogP) is 1.64. The van der Waals surface area contributed by atoms with Crippen LogP contribution in [-0.4, -0.2) is 21.0 Å². The Labute approximate surface area is 101 Å². The first-order chi connectivity index (χ1) is 8.06. The predicted molar refractivity (Wildman–Crippen MR) is 65.4 cm³/mol. The molecule has 0 aliphatic carbocycles. The lowest BCUT2D eigenvalue weighted by Crippen LogP contribution is -2.14. The third kappa shape index (κ3) is 2.71. The molecular formula is C11H12N2O3S. The lowest BCUT2D eigenvalue weighted by molar-refractivity contribution is -0.137. The summed E-state index contributed by atoms with van der Waals surface area (Å²) in [5, 5.41) is 11.1. The molecule has 6 heteroatoms. The summed E-state index contributed by atoms with van der Waals surface area (Å²) in [5.74, 6) is -0.330. The molecule has 0 saturated carbocycles. The summed E-state index contributed by atoms with van der Waals surface area (Å²) in [4.78, 5) is 29.9. The molecule has 2 aromatic rings. The minimum atomic E-state index is -0.836. The van der Waals surface area contributed by atoms with E-state index in [1.165, 1.54) is 11.3 Å². The molecule has 0 spiro atoms. The molecule has 2 rings (SSSR count). The van der Waals surface area contributed by atoms with E-state index < -0.39 is 5.97 Å². The van der Waals surface area contributed by atoms with Crippen molar-refractivity contribution < 1.29 is 9.90 Å². The van der Waals surface area contributed by atoms with Crippen molar-refractivity contribution in [2.24, 2.45) is 5.92 Å². The Kier molecular flexibility index (Phi) is 3.23. The number of fused-ring (bicyclic) bond motifs is 1. The summed E-state index contributed by atoms with van der Waals surface area (Å²) in [6.45, 7) is 1.83. The SMILES string of the molecule is CC(CC(=O)O)Cc1nc2sccc2c(=O)[nH]1. The number of hydrogen-bond acceptors (Lipinski definition) is 4. The maximum Gasteiger partial charge on any atom is 0.303 e. The molecule has 0 fully saturated rings. The maximum atomic E-state index is 11.7. The standard InChI is InChI=1S/C11H12N2O3S/c1-6(5-9(14)15)4-8-12-10(16)7-2-3-17-11(7)13-8/h2-3,6H,4-5H2,1H3,(H,14,15)(H,12,13,16). The fourth-order valence-electron chi connectivity index (χ4n) is 1.71. The van der Waals surface area contributed by atoms with Crippen LogP contribution in [-0.2, 0) is 11.2 Å². The number of aromatic nitrogens is 2. The van der Waals surface area contributed by atoms with Crippen molar-refractivity contribution in [1.82, 2.24) is 9.97 Å². The van der Waals surface area contributed by atoms with Crippen LogP contribution >= 0.6 is 11.3 Å². The maximum absolute atomic E-state index is 11.7. The number of nitrogens with one attached hydrogen (secondary N) is 1. The third-order valence-electron chi connectivity index (χ3n) is 2.45. The molecule has 17 heavy (non-hydrogen) atoms. The summed E-state index contributed by atoms with van der Waals surface area (Å²) in [7, 11) is 0. The highest BCUT2D eigenvalue weighted by Gasteiger charge is 2.11. The van der Waals surface area contributed by atoms with E-state index in [1.807, 2.05) is 12.3 Å². The zero-order valence-corrected chi connectivity index (χ0v) is 10.1. The first-order valence-electron chi connectivity index (χ1n) is 5.24. The second kappa shape index (κ2) is 4.67. The normalized spacial score (nSPS) is 12.8. The number of aromatic amines is 1. The number of rotatable bonds is 4. The van der Waals surface area contributed by atoms with Crippen LogP contribution in [0, 0.1) is 5.92 Å². The van der Waals surface area contributed by atoms with Crippen LogP contribution in [0.4, 0.5) is 0 Å². The Balaban J connectivity index is 2.24. The van der Waals surface area contributed by atoms with Gasteiger partial charge in [-0.05, 0) is 17.4 Å². The molecule has 2 aromatic heterocycles. The van der Waals surface area contributed by atoms with Crippen LogP contribution in [0.1, 0.15) is 19.2 Å². The monoisotopic (exact) mass is 252 g/mol. The average molecular weight is 252 g/mol. The number of carboxylic acids is 1. The fourth-order valence-corrected chi connectivity index (χ4v) is 2.49. The van der Waals surface area contributed by atoms with Crippen molar-refractivity contribution in [2.75, 3.05) is 0 Å². The summed E-state index contributed by atoms with van der Waals surface area (Å²) in [6, 6.07) is 1.73. The first kappa shape index (κ1) is 11.8. The van der Waals surface area contributed by atoms with Crippen LogP contribution in [0.3, 0.4) is 0 Å². The van der Waals surface area contributed by atoms with Crippen molar-refractivity contribution in [3.63, 3.8) is 0 Å². The van der Waals surface area contributed by atoms with Gasteiger partial charge >= 0.3 is 5.97 Å². The van der Waals surface area contributed by atoms with Gasteiger partial charge in [0.15, 0.2) is 0 Å². The molecule has 0 aliphatic rings. The second-order valence-corrected chi connectivity index (χ2v) is 4.95. The highest BCUT2D eigenvalue weighted by Crippen LogP contribution is 2.15. The Morgan fingerprint density at radius 3 is 3.12 bits per heavy atom. The highest BCUT2D eigenvalue weighted by atomic mass is 32.1. The van der Waals surface area contributed by atoms with Gasteiger partial charge in [0.25, 0.3) is 5.56 Å². The van der Waals surface area contributed by atoms with E-state index in [0.29, 0.717) is 22.5 Å². The van der Waals surface area contributed by atoms with Crippen molar-refractivity contribution in [3.05, 3.63) is 27.6 Å². The minimum Gasteiger partial charge on any atom is -0.481 e. The molecule has 0 aliphatic heterocycles. The zero-order valence-electron chi connectivity index (χ0n) is 9.27. The molecule has 5 nitrogen and oxygen atoms in total. The van der Waals surface area contributed by atoms with E-state index in [-0.39, 0.29) is 17.9 Å². The van der Waals surface area contributed by atoms with E-state index in [4.69, 9.17) is 5.11 Å². The van der Waals surface area contributed by atoms with Gasteiger partial charge in [-0.1, -0.05) is 6.92 Å². The smallest absolute Gasteiger partial charge is 0.303 e. The molecule has 2 N–H and O–H groups in total. The van der Waals surface area contributed by atoms with E-state index in [2.05, 4.69) is 9.97 Å². The zero-order chi connectivity index (χ0) is 12.4. The van der Waals surface area contributed by atoms with Gasteiger partial charge in [0.05, 0.1) is 5.39 Å². The lowest BCUT2D eigenvalue weighted by atomic mass is 10.0. The topological polar surface area (TPSA) is 83.0 Å². The highest BCUT2D eigenvalue weighted by molar-refractivity contribution is 7.16. The number of H-pyrrole nitrogens is 1. The van der Waals surface area contributed by atoms with Gasteiger partial charge < -0.3 is 10.1 Å². The number of nitrogens with zero attached hydrogens (tertiary/aromatic N) is 1. The lowest BCUT2D eigenvalue weighted by Gasteiger charge is -2.07. The van der Waals surface area contributed by atoms with Gasteiger partial charge in [0, 0.05) is 12.8 Å². The Hall–Kier alpha value is -1.69. The molecule has 0 radical (unpaired) electrons. The second-order valence-electron chi connectivity index (χ2n) is 4.06. The van der Waals surface area contributed by atoms with Gasteiger partial charge in [-0.25, -0.2) is 4.98 Å². The summed E-state index contributed by atoms with van der Waals surface area (Å²) in [5.41, 5.74) is -0.159. The third-order valence-corrected chi connectivity index (χ3v) is 3.26. The fraction of sp³-hybridized carbons (Fsp3) is 0.364. The van der Waals surface area contributed by atoms with Gasteiger partial charge in [0.1, 0.15) is 10.7 Å². The Bertz CT molecular complexity index is 602. The van der Waals surface area contributed by atoms with Crippen LogP contribution in [0.15, 0.2) is 16.2 Å². The Morgan fingerprint density at radius 2 is 2.41 bits per heavy atom. The molecular weight excluding hydrogens is 240 g/mol. The van der Waals surface area contributed by atoms with Crippen LogP contribution < -0.4 is 5.56 Å². The molecule has 0 saturated heterocycles. The van der Waals surface area contributed by atoms with Gasteiger partial charge in [-0.3, -0.25) is 9.59 Å². The molecule has 1 atom stereocenters. The molecule has 0 aromatic carbocycles. The minimum absolute atomic E-state index is 0.0481. The van der Waals surface area contributed by atoms with Crippen molar-refractivity contribution in [2.45, 2.75) is 19.8 Å². The van der Waals surface area contributed by atoms with Crippen molar-refractivity contribution >= 4 is 27.5 Å². The molecule has 90 valence electrons. The van der Waals surface area contributed by atoms with E-state index in [1.54, 1.807) is 6.07 Å². The number of carbonyl (C=O) groups is 1. The summed E-state index contributed by atoms with van der Waals surface area (Å²) in [6.07, 6.45) is 0.543. The molecule has 0 amide bonds. The molecule has 1 unspecified atom stereocenters. The van der Waals surface area contributed by atoms with Crippen LogP contribution in [0.5, 0.6) is 0 Å². The number of thiophene rings is 1. The van der Waals surface area contributed by atoms with Crippen molar-refractivity contribution in [3.8, 4) is 0 Å². The quantitative estimate of drug-likeness (QED) is 0.866. The van der Waals surface area contributed by atoms with Crippen LogP contribution in [0.2, 0.25) is 0 Å². The van der Waals surface area contributed by atoms with E-state index >= 15 is 0 Å². The first-order valence-corrected chi connectivity index (χ1v) is 6.12. The number of carboxylic acid groups (broad SMARTS) is 1. The number of hydrogen-bond donors (Lipinski definition) is 2. The van der Waals surface area contributed by atoms with Gasteiger partial charge in [-0.15, -0.1) is 11.3 Å². The van der Waals surface area contributed by atoms with Gasteiger partial charge in [0.2, 0.25) is 0 Å². The summed E-state index contributed by atoms with van der Waals surface area (Å²) >= 11 is 1.41. The van der Waals surface area contributed by atoms with Crippen LogP contribution in [0.25, 0.3) is 10.2 Å². The van der Waals surface area contributed by atoms with E-state index in [9.17, 15) is 9.59 Å². The summed E-state index contributed by atoms with van der Waals surface area (Å²) < 4.78 is 0. The van der Waals surface area contributed by atoms with E-state index in [0.717, 1.165) is 0 Å². The largest absolute Gasteiger partial charge is 0.481 e. The Morgan fingerprint density at radius 1 is 1.65 bits per heavy atom. The van der Waals surface area contributed by atoms with Gasteiger partial charge in [-0.2, -0.15) is 0 Å². The molecule has 0 bridgehead atoms.